The molecule has 0 bridgehead atoms. The molecule has 0 radical (unpaired) electrons. The summed E-state index contributed by atoms with van der Waals surface area (Å²) < 4.78 is 32.7. The van der Waals surface area contributed by atoms with E-state index in [4.69, 9.17) is 4.74 Å². The summed E-state index contributed by atoms with van der Waals surface area (Å²) >= 11 is 0. The number of hydrogen-bond acceptors (Lipinski definition) is 4. The Kier molecular flexibility index (Phi) is 6.16. The number of rotatable bonds is 6. The van der Waals surface area contributed by atoms with E-state index in [-0.39, 0.29) is 16.8 Å². The third-order valence-corrected chi connectivity index (χ3v) is 6.82. The van der Waals surface area contributed by atoms with Crippen LogP contribution in [0.3, 0.4) is 0 Å². The van der Waals surface area contributed by atoms with Crippen molar-refractivity contribution >= 4 is 21.7 Å². The van der Waals surface area contributed by atoms with E-state index in [2.05, 4.69) is 0 Å². The summed E-state index contributed by atoms with van der Waals surface area (Å²) in [5.41, 5.74) is 0.618. The van der Waals surface area contributed by atoms with E-state index < -0.39 is 10.0 Å². The summed E-state index contributed by atoms with van der Waals surface area (Å²) in [5, 5.41) is 0. The second-order valence-corrected chi connectivity index (χ2v) is 8.60. The van der Waals surface area contributed by atoms with Gasteiger partial charge in [-0.15, -0.1) is 0 Å². The minimum atomic E-state index is -3.68. The number of nitrogens with zero attached hydrogens (tertiary/aromatic N) is 1. The van der Waals surface area contributed by atoms with Crippen LogP contribution in [0, 0.1) is 5.92 Å². The number of para-hydroxylation sites is 1. The summed E-state index contributed by atoms with van der Waals surface area (Å²) in [4.78, 5) is 12.4. The van der Waals surface area contributed by atoms with Crippen molar-refractivity contribution in [1.29, 1.82) is 0 Å². The van der Waals surface area contributed by atoms with Gasteiger partial charge in [0.05, 0.1) is 16.5 Å². The number of esters is 1. The highest BCUT2D eigenvalue weighted by Crippen LogP contribution is 2.27. The Morgan fingerprint density at radius 2 is 1.63 bits per heavy atom. The molecule has 1 aliphatic carbocycles. The second kappa shape index (κ2) is 8.57. The van der Waals surface area contributed by atoms with Gasteiger partial charge in [0.1, 0.15) is 5.75 Å². The third-order valence-electron chi connectivity index (χ3n) is 4.90. The highest BCUT2D eigenvalue weighted by Gasteiger charge is 2.25. The van der Waals surface area contributed by atoms with Gasteiger partial charge in [0.25, 0.3) is 10.0 Å². The normalized spacial score (nSPS) is 15.3. The lowest BCUT2D eigenvalue weighted by molar-refractivity contribution is -0.139. The molecule has 0 heterocycles. The Balaban J connectivity index is 1.74. The van der Waals surface area contributed by atoms with Crippen molar-refractivity contribution in [3.8, 4) is 5.75 Å². The molecule has 2 aromatic rings. The molecule has 0 amide bonds. The standard InChI is InChI=1S/C21H25NO4S/c1-2-22(18-11-7-4-8-12-18)27(24,25)20-15-13-19(14-16-20)26-21(23)17-9-5-3-6-10-17/h4,7-8,11-17H,2-3,5-6,9-10H2,1H3. The number of carbonyl (C=O) groups excluding carboxylic acids is 1. The van der Waals surface area contributed by atoms with E-state index in [1.54, 1.807) is 43.3 Å². The molecule has 0 aromatic heterocycles. The number of ether oxygens (including phenoxy) is 1. The molecule has 5 nitrogen and oxygen atoms in total. The Morgan fingerprint density at radius 3 is 2.22 bits per heavy atom. The fraction of sp³-hybridized carbons (Fsp3) is 0.381. The Hall–Kier alpha value is -2.34. The van der Waals surface area contributed by atoms with Crippen molar-refractivity contribution in [1.82, 2.24) is 0 Å². The van der Waals surface area contributed by atoms with Crippen LogP contribution in [-0.2, 0) is 14.8 Å². The molecule has 0 aliphatic heterocycles. The SMILES string of the molecule is CCN(c1ccccc1)S(=O)(=O)c1ccc(OC(=O)C2CCCCC2)cc1. The molecule has 0 N–H and O–H groups in total. The second-order valence-electron chi connectivity index (χ2n) is 6.73. The zero-order valence-corrected chi connectivity index (χ0v) is 16.3. The van der Waals surface area contributed by atoms with Crippen molar-refractivity contribution in [3.05, 3.63) is 54.6 Å². The van der Waals surface area contributed by atoms with Crippen LogP contribution >= 0.6 is 0 Å². The highest BCUT2D eigenvalue weighted by molar-refractivity contribution is 7.92. The van der Waals surface area contributed by atoms with Crippen LogP contribution in [0.1, 0.15) is 39.0 Å². The van der Waals surface area contributed by atoms with Crippen LogP contribution in [-0.4, -0.2) is 20.9 Å². The van der Waals surface area contributed by atoms with Gasteiger partial charge in [0.15, 0.2) is 0 Å². The number of benzene rings is 2. The van der Waals surface area contributed by atoms with Crippen molar-refractivity contribution in [2.75, 3.05) is 10.8 Å². The van der Waals surface area contributed by atoms with Gasteiger partial charge in [-0.05, 0) is 56.2 Å². The maximum Gasteiger partial charge on any atom is 0.314 e. The largest absolute Gasteiger partial charge is 0.426 e. The van der Waals surface area contributed by atoms with Crippen molar-refractivity contribution in [2.24, 2.45) is 5.92 Å². The van der Waals surface area contributed by atoms with E-state index in [0.29, 0.717) is 18.0 Å². The van der Waals surface area contributed by atoms with E-state index in [0.717, 1.165) is 25.7 Å². The number of sulfonamides is 1. The van der Waals surface area contributed by atoms with Gasteiger partial charge < -0.3 is 4.74 Å². The lowest BCUT2D eigenvalue weighted by Crippen LogP contribution is -2.30. The van der Waals surface area contributed by atoms with E-state index in [9.17, 15) is 13.2 Å². The van der Waals surface area contributed by atoms with Gasteiger partial charge in [-0.2, -0.15) is 0 Å². The lowest BCUT2D eigenvalue weighted by atomic mass is 9.89. The highest BCUT2D eigenvalue weighted by atomic mass is 32.2. The molecule has 0 spiro atoms. The van der Waals surface area contributed by atoms with E-state index >= 15 is 0 Å². The Morgan fingerprint density at radius 1 is 1.00 bits per heavy atom. The first-order valence-corrected chi connectivity index (χ1v) is 10.9. The average molecular weight is 388 g/mol. The molecular weight excluding hydrogens is 362 g/mol. The molecule has 0 saturated heterocycles. The topological polar surface area (TPSA) is 63.7 Å². The molecule has 1 fully saturated rings. The predicted octanol–water partition coefficient (Wildman–Crippen LogP) is 4.39. The summed E-state index contributed by atoms with van der Waals surface area (Å²) in [6.07, 6.45) is 5.03. The Labute approximate surface area is 161 Å². The first-order valence-electron chi connectivity index (χ1n) is 9.42. The molecule has 27 heavy (non-hydrogen) atoms. The first kappa shape index (κ1) is 19.4. The van der Waals surface area contributed by atoms with Crippen molar-refractivity contribution < 1.29 is 17.9 Å². The summed E-state index contributed by atoms with van der Waals surface area (Å²) in [6, 6.07) is 15.1. The average Bonchev–Trinajstić information content (AvgIpc) is 2.70. The zero-order chi connectivity index (χ0) is 19.3. The molecule has 144 valence electrons. The maximum absolute atomic E-state index is 13.0. The van der Waals surface area contributed by atoms with Crippen LogP contribution < -0.4 is 9.04 Å². The molecule has 0 unspecified atom stereocenters. The Bertz CT molecular complexity index is 857. The van der Waals surface area contributed by atoms with E-state index in [1.807, 2.05) is 6.07 Å². The first-order chi connectivity index (χ1) is 13.0. The third kappa shape index (κ3) is 4.50. The number of hydrogen-bond donors (Lipinski definition) is 0. The van der Waals surface area contributed by atoms with Crippen molar-refractivity contribution in [3.63, 3.8) is 0 Å². The van der Waals surface area contributed by atoms with Gasteiger partial charge in [-0.3, -0.25) is 9.10 Å². The van der Waals surface area contributed by atoms with Crippen LogP contribution in [0.15, 0.2) is 59.5 Å². The number of anilines is 1. The quantitative estimate of drug-likeness (QED) is 0.545. The van der Waals surface area contributed by atoms with Gasteiger partial charge in [0, 0.05) is 6.54 Å². The molecule has 1 saturated carbocycles. The monoisotopic (exact) mass is 387 g/mol. The van der Waals surface area contributed by atoms with Gasteiger partial charge in [-0.25, -0.2) is 8.42 Å². The smallest absolute Gasteiger partial charge is 0.314 e. The summed E-state index contributed by atoms with van der Waals surface area (Å²) in [6.45, 7) is 2.12. The van der Waals surface area contributed by atoms with Gasteiger partial charge in [0.2, 0.25) is 0 Å². The van der Waals surface area contributed by atoms with Crippen LogP contribution in [0.4, 0.5) is 5.69 Å². The van der Waals surface area contributed by atoms with Gasteiger partial charge in [-0.1, -0.05) is 37.5 Å². The fourth-order valence-corrected chi connectivity index (χ4v) is 4.90. The minimum absolute atomic E-state index is 0.0455. The maximum atomic E-state index is 13.0. The van der Waals surface area contributed by atoms with Crippen LogP contribution in [0.5, 0.6) is 5.75 Å². The van der Waals surface area contributed by atoms with Gasteiger partial charge >= 0.3 is 5.97 Å². The van der Waals surface area contributed by atoms with Crippen molar-refractivity contribution in [2.45, 2.75) is 43.9 Å². The molecule has 0 atom stereocenters. The fourth-order valence-electron chi connectivity index (χ4n) is 3.43. The summed E-state index contributed by atoms with van der Waals surface area (Å²) in [7, 11) is -3.68. The molecule has 1 aliphatic rings. The zero-order valence-electron chi connectivity index (χ0n) is 15.5. The predicted molar refractivity (Wildman–Crippen MR) is 105 cm³/mol. The van der Waals surface area contributed by atoms with Crippen LogP contribution in [0.2, 0.25) is 0 Å². The molecule has 6 heteroatoms. The van der Waals surface area contributed by atoms with Crippen LogP contribution in [0.25, 0.3) is 0 Å². The minimum Gasteiger partial charge on any atom is -0.426 e. The molecule has 3 rings (SSSR count). The molecular formula is C21H25NO4S. The number of carbonyl (C=O) groups is 1. The lowest BCUT2D eigenvalue weighted by Gasteiger charge is -2.23. The summed E-state index contributed by atoms with van der Waals surface area (Å²) in [5.74, 6) is 0.118. The van der Waals surface area contributed by atoms with E-state index in [1.165, 1.54) is 22.9 Å². The molecule has 2 aromatic carbocycles.